The minimum absolute atomic E-state index is 0.0887. The number of anilines is 2. The van der Waals surface area contributed by atoms with Crippen molar-refractivity contribution in [3.63, 3.8) is 0 Å². The summed E-state index contributed by atoms with van der Waals surface area (Å²) in [5.74, 6) is -0.381. The van der Waals surface area contributed by atoms with E-state index >= 15 is 0 Å². The quantitative estimate of drug-likeness (QED) is 0.258. The number of carbonyl (C=O) groups is 2. The molecule has 0 atom stereocenters. The molecule has 2 amide bonds. The van der Waals surface area contributed by atoms with Gasteiger partial charge in [0.15, 0.2) is 0 Å². The highest BCUT2D eigenvalue weighted by Gasteiger charge is 2.33. The molecule has 0 unspecified atom stereocenters. The molecular weight excluding hydrogens is 489 g/mol. The zero-order valence-corrected chi connectivity index (χ0v) is 21.3. The molecule has 4 aromatic rings. The lowest BCUT2D eigenvalue weighted by Crippen LogP contribution is -2.42. The van der Waals surface area contributed by atoms with Crippen LogP contribution in [0.15, 0.2) is 90.3 Å². The number of rotatable bonds is 5. The summed E-state index contributed by atoms with van der Waals surface area (Å²) < 4.78 is 0. The molecule has 0 bridgehead atoms. The van der Waals surface area contributed by atoms with Gasteiger partial charge in [0.25, 0.3) is 11.8 Å². The second kappa shape index (κ2) is 10.2. The number of hydrogen-bond acceptors (Lipinski definition) is 5. The van der Waals surface area contributed by atoms with E-state index in [1.54, 1.807) is 46.6 Å². The van der Waals surface area contributed by atoms with Crippen molar-refractivity contribution in [3.05, 3.63) is 101 Å². The first-order chi connectivity index (χ1) is 17.4. The maximum Gasteiger partial charge on any atom is 0.255 e. The average molecular weight is 517 g/mol. The smallest absolute Gasteiger partial charge is 0.255 e. The SMILES string of the molecule is Nc1ccc(-c2cccs2)cc1NC(=O)c1ccc(C(=O)N2CC[P](O)(c3ccccc3)CC2)cc1. The third-order valence-corrected chi connectivity index (χ3v) is 10.6. The number of hydrogen-bond donors (Lipinski definition) is 3. The number of benzene rings is 3. The highest BCUT2D eigenvalue weighted by atomic mass is 32.1. The van der Waals surface area contributed by atoms with E-state index in [-0.39, 0.29) is 11.8 Å². The molecule has 5 rings (SSSR count). The van der Waals surface area contributed by atoms with Gasteiger partial charge in [0.2, 0.25) is 0 Å². The third kappa shape index (κ3) is 5.05. The first-order valence-corrected chi connectivity index (χ1v) is 14.7. The second-order valence-corrected chi connectivity index (χ2v) is 13.0. The fraction of sp³-hybridized carbons (Fsp3) is 0.143. The van der Waals surface area contributed by atoms with Gasteiger partial charge in [-0.15, -0.1) is 11.3 Å². The van der Waals surface area contributed by atoms with Gasteiger partial charge in [0, 0.05) is 48.9 Å². The van der Waals surface area contributed by atoms with Crippen molar-refractivity contribution < 1.29 is 14.5 Å². The van der Waals surface area contributed by atoms with Crippen LogP contribution in [-0.4, -0.2) is 47.0 Å². The Hall–Kier alpha value is -3.51. The first-order valence-electron chi connectivity index (χ1n) is 11.7. The minimum atomic E-state index is -2.22. The molecule has 8 heteroatoms. The molecule has 6 nitrogen and oxygen atoms in total. The van der Waals surface area contributed by atoms with E-state index in [1.807, 2.05) is 60.0 Å². The molecule has 1 aliphatic heterocycles. The predicted molar refractivity (Wildman–Crippen MR) is 149 cm³/mol. The first kappa shape index (κ1) is 24.2. The van der Waals surface area contributed by atoms with Crippen LogP contribution in [0.2, 0.25) is 0 Å². The van der Waals surface area contributed by atoms with Gasteiger partial charge in [-0.05, 0) is 58.7 Å². The Morgan fingerprint density at radius 3 is 2.25 bits per heavy atom. The van der Waals surface area contributed by atoms with E-state index < -0.39 is 7.49 Å². The summed E-state index contributed by atoms with van der Waals surface area (Å²) in [6.45, 7) is 1.03. The Morgan fingerprint density at radius 1 is 0.889 bits per heavy atom. The molecule has 1 saturated heterocycles. The van der Waals surface area contributed by atoms with Crippen LogP contribution in [0.5, 0.6) is 0 Å². The number of thiophene rings is 1. The highest BCUT2D eigenvalue weighted by Crippen LogP contribution is 2.54. The molecule has 183 valence electrons. The third-order valence-electron chi connectivity index (χ3n) is 6.50. The molecule has 0 saturated carbocycles. The second-order valence-electron chi connectivity index (χ2n) is 8.81. The Labute approximate surface area is 214 Å². The van der Waals surface area contributed by atoms with Gasteiger partial charge < -0.3 is 20.8 Å². The summed E-state index contributed by atoms with van der Waals surface area (Å²) in [6.07, 6.45) is 1.18. The number of nitrogen functional groups attached to an aromatic ring is 1. The van der Waals surface area contributed by atoms with Crippen LogP contribution < -0.4 is 16.4 Å². The topological polar surface area (TPSA) is 95.7 Å². The molecule has 1 fully saturated rings. The zero-order chi connectivity index (χ0) is 25.1. The Morgan fingerprint density at radius 2 is 1.58 bits per heavy atom. The maximum atomic E-state index is 13.1. The summed E-state index contributed by atoms with van der Waals surface area (Å²) in [6, 6.07) is 26.0. The molecule has 4 N–H and O–H groups in total. The van der Waals surface area contributed by atoms with E-state index in [1.165, 1.54) is 0 Å². The monoisotopic (exact) mass is 516 g/mol. The van der Waals surface area contributed by atoms with Crippen LogP contribution in [-0.2, 0) is 0 Å². The van der Waals surface area contributed by atoms with E-state index in [4.69, 9.17) is 5.73 Å². The Balaban J connectivity index is 1.23. The molecule has 1 radical (unpaired) electrons. The van der Waals surface area contributed by atoms with Crippen molar-refractivity contribution in [2.45, 2.75) is 0 Å². The van der Waals surface area contributed by atoms with Crippen molar-refractivity contribution in [3.8, 4) is 10.4 Å². The summed E-state index contributed by atoms with van der Waals surface area (Å²) in [5, 5.41) is 5.88. The van der Waals surface area contributed by atoms with E-state index in [0.717, 1.165) is 15.7 Å². The standard InChI is InChI=1S/C28H27N3O3PS/c29-24-13-12-22(26-7-4-18-36-26)19-25(24)30-27(32)20-8-10-21(11-9-20)28(33)31-14-16-35(34,17-15-31)23-5-2-1-3-6-23/h1-13,18-19,34H,14-17,29H2,(H,30,32). The van der Waals surface area contributed by atoms with Crippen LogP contribution in [0.4, 0.5) is 11.4 Å². The molecule has 3 aromatic carbocycles. The van der Waals surface area contributed by atoms with Crippen molar-refractivity contribution in [1.29, 1.82) is 0 Å². The van der Waals surface area contributed by atoms with Crippen molar-refractivity contribution in [2.75, 3.05) is 36.5 Å². The predicted octanol–water partition coefficient (Wildman–Crippen LogP) is 4.96. The van der Waals surface area contributed by atoms with Crippen molar-refractivity contribution >= 4 is 47.3 Å². The molecule has 1 aromatic heterocycles. The number of nitrogens with zero attached hydrogens (tertiary/aromatic N) is 1. The van der Waals surface area contributed by atoms with Gasteiger partial charge in [0.05, 0.1) is 11.4 Å². The van der Waals surface area contributed by atoms with Gasteiger partial charge in [-0.2, -0.15) is 0 Å². The molecule has 0 aliphatic carbocycles. The lowest BCUT2D eigenvalue weighted by Gasteiger charge is -2.40. The van der Waals surface area contributed by atoms with Crippen LogP contribution in [0, 0.1) is 0 Å². The summed E-state index contributed by atoms with van der Waals surface area (Å²) in [7, 11) is -2.22. The maximum absolute atomic E-state index is 13.1. The highest BCUT2D eigenvalue weighted by molar-refractivity contribution is 7.77. The van der Waals surface area contributed by atoms with Crippen LogP contribution in [0.1, 0.15) is 20.7 Å². The zero-order valence-electron chi connectivity index (χ0n) is 19.6. The number of nitrogens with two attached hydrogens (primary N) is 1. The number of amides is 2. The summed E-state index contributed by atoms with van der Waals surface area (Å²) >= 11 is 1.62. The molecule has 0 spiro atoms. The van der Waals surface area contributed by atoms with E-state index in [0.29, 0.717) is 47.9 Å². The molecule has 36 heavy (non-hydrogen) atoms. The van der Waals surface area contributed by atoms with Gasteiger partial charge in [0.1, 0.15) is 0 Å². The molecule has 1 aliphatic rings. The fourth-order valence-corrected chi connectivity index (χ4v) is 7.70. The van der Waals surface area contributed by atoms with Gasteiger partial charge in [-0.3, -0.25) is 9.59 Å². The number of carbonyl (C=O) groups excluding carboxylic acids is 2. The van der Waals surface area contributed by atoms with Gasteiger partial charge in [-0.25, -0.2) is 0 Å². The lowest BCUT2D eigenvalue weighted by molar-refractivity contribution is 0.0768. The Bertz CT molecular complexity index is 1370. The summed E-state index contributed by atoms with van der Waals surface area (Å²) in [4.78, 5) is 39.9. The summed E-state index contributed by atoms with van der Waals surface area (Å²) in [5.41, 5.74) is 9.08. The average Bonchev–Trinajstić information content (AvgIpc) is 3.46. The van der Waals surface area contributed by atoms with Gasteiger partial charge >= 0.3 is 0 Å². The normalized spacial score (nSPS) is 14.9. The lowest BCUT2D eigenvalue weighted by atomic mass is 10.1. The van der Waals surface area contributed by atoms with Crippen LogP contribution in [0.25, 0.3) is 10.4 Å². The minimum Gasteiger partial charge on any atom is -0.397 e. The molecular formula is C28H27N3O3PS. The van der Waals surface area contributed by atoms with Crippen molar-refractivity contribution in [2.24, 2.45) is 0 Å². The fourth-order valence-electron chi connectivity index (χ4n) is 4.36. The van der Waals surface area contributed by atoms with Crippen LogP contribution >= 0.6 is 18.8 Å². The number of nitrogens with one attached hydrogen (secondary N) is 1. The van der Waals surface area contributed by atoms with Crippen LogP contribution in [0.3, 0.4) is 0 Å². The van der Waals surface area contributed by atoms with E-state index in [2.05, 4.69) is 5.32 Å². The Kier molecular flexibility index (Phi) is 6.88. The van der Waals surface area contributed by atoms with Crippen molar-refractivity contribution in [1.82, 2.24) is 4.90 Å². The largest absolute Gasteiger partial charge is 0.397 e. The molecule has 2 heterocycles. The van der Waals surface area contributed by atoms with E-state index in [9.17, 15) is 14.5 Å². The van der Waals surface area contributed by atoms with Gasteiger partial charge in [-0.1, -0.05) is 42.5 Å².